The molecular weight excluding hydrogens is 358 g/mol. The van der Waals surface area contributed by atoms with Crippen molar-refractivity contribution in [3.8, 4) is 6.07 Å². The van der Waals surface area contributed by atoms with Gasteiger partial charge in [-0.3, -0.25) is 4.79 Å². The topological polar surface area (TPSA) is 65.4 Å². The number of carbonyl (C=O) groups excluding carboxylic acids is 1. The van der Waals surface area contributed by atoms with Crippen LogP contribution in [0.4, 0.5) is 5.00 Å². The highest BCUT2D eigenvalue weighted by molar-refractivity contribution is 7.18. The van der Waals surface area contributed by atoms with Crippen molar-refractivity contribution in [1.82, 2.24) is 5.32 Å². The van der Waals surface area contributed by atoms with Crippen LogP contribution in [0.5, 0.6) is 0 Å². The molecule has 4 rings (SSSR count). The van der Waals surface area contributed by atoms with Gasteiger partial charge in [-0.2, -0.15) is 5.26 Å². The number of thiophene rings is 1. The first kappa shape index (κ1) is 16.4. The molecule has 2 aliphatic rings. The molecule has 25 heavy (non-hydrogen) atoms. The molecule has 1 aromatic carbocycles. The Balaban J connectivity index is 1.82. The highest BCUT2D eigenvalue weighted by Gasteiger charge is 2.35. The minimum Gasteiger partial charge on any atom is -0.378 e. The lowest BCUT2D eigenvalue weighted by molar-refractivity contribution is 0.0947. The summed E-state index contributed by atoms with van der Waals surface area (Å²) in [5.41, 5.74) is 2.52. The van der Waals surface area contributed by atoms with Gasteiger partial charge in [0.25, 0.3) is 5.91 Å². The molecular formula is C18H16ClN3O2S. The number of hydrogen-bond acceptors (Lipinski definition) is 5. The predicted molar refractivity (Wildman–Crippen MR) is 97.7 cm³/mol. The Labute approximate surface area is 154 Å². The standard InChI is InChI=1S/C18H16ClN3O2S/c19-12-3-1-11(2-4-12)14-10-21-17(23)16-15(14)13(9-20)18(25-16)22-5-7-24-8-6-22/h1-4,14H,5-8,10H2,(H,21,23). The van der Waals surface area contributed by atoms with Crippen molar-refractivity contribution in [2.75, 3.05) is 37.7 Å². The number of amides is 1. The lowest BCUT2D eigenvalue weighted by atomic mass is 9.86. The summed E-state index contributed by atoms with van der Waals surface area (Å²) < 4.78 is 5.41. The van der Waals surface area contributed by atoms with Crippen LogP contribution in [-0.2, 0) is 4.74 Å². The number of nitrogens with one attached hydrogen (secondary N) is 1. The lowest BCUT2D eigenvalue weighted by Gasteiger charge is -2.28. The first-order valence-corrected chi connectivity index (χ1v) is 9.31. The van der Waals surface area contributed by atoms with E-state index in [-0.39, 0.29) is 11.8 Å². The first-order chi connectivity index (χ1) is 12.2. The van der Waals surface area contributed by atoms with Crippen molar-refractivity contribution in [3.63, 3.8) is 0 Å². The molecule has 2 aromatic rings. The van der Waals surface area contributed by atoms with Crippen molar-refractivity contribution in [2.24, 2.45) is 0 Å². The number of rotatable bonds is 2. The van der Waals surface area contributed by atoms with Crippen molar-refractivity contribution in [2.45, 2.75) is 5.92 Å². The average molecular weight is 374 g/mol. The summed E-state index contributed by atoms with van der Waals surface area (Å²) in [7, 11) is 0. The second-order valence-electron chi connectivity index (χ2n) is 6.05. The smallest absolute Gasteiger partial charge is 0.261 e. The molecule has 0 saturated carbocycles. The van der Waals surface area contributed by atoms with E-state index in [1.54, 1.807) is 0 Å². The van der Waals surface area contributed by atoms with Crippen LogP contribution in [0.25, 0.3) is 0 Å². The number of anilines is 1. The fourth-order valence-electron chi connectivity index (χ4n) is 3.39. The van der Waals surface area contributed by atoms with E-state index in [2.05, 4.69) is 16.3 Å². The largest absolute Gasteiger partial charge is 0.378 e. The summed E-state index contributed by atoms with van der Waals surface area (Å²) in [6.45, 7) is 3.24. The van der Waals surface area contributed by atoms with Gasteiger partial charge in [0.15, 0.2) is 0 Å². The molecule has 1 atom stereocenters. The van der Waals surface area contributed by atoms with Crippen molar-refractivity contribution < 1.29 is 9.53 Å². The van der Waals surface area contributed by atoms with Gasteiger partial charge in [0, 0.05) is 36.1 Å². The van der Waals surface area contributed by atoms with Gasteiger partial charge in [-0.15, -0.1) is 11.3 Å². The molecule has 1 saturated heterocycles. The van der Waals surface area contributed by atoms with Gasteiger partial charge in [-0.05, 0) is 17.7 Å². The van der Waals surface area contributed by atoms with Crippen LogP contribution in [0.3, 0.4) is 0 Å². The zero-order chi connectivity index (χ0) is 17.4. The number of nitriles is 1. The molecule has 1 unspecified atom stereocenters. The van der Waals surface area contributed by atoms with E-state index in [0.29, 0.717) is 35.2 Å². The molecule has 7 heteroatoms. The number of fused-ring (bicyclic) bond motifs is 1. The van der Waals surface area contributed by atoms with Crippen molar-refractivity contribution in [1.29, 1.82) is 5.26 Å². The fourth-order valence-corrected chi connectivity index (χ4v) is 4.79. The Morgan fingerprint density at radius 3 is 2.68 bits per heavy atom. The van der Waals surface area contributed by atoms with Gasteiger partial charge in [-0.1, -0.05) is 23.7 Å². The van der Waals surface area contributed by atoms with Crippen LogP contribution in [0.1, 0.15) is 32.3 Å². The fraction of sp³-hybridized carbons (Fsp3) is 0.333. The molecule has 1 N–H and O–H groups in total. The number of carbonyl (C=O) groups is 1. The summed E-state index contributed by atoms with van der Waals surface area (Å²) in [5, 5.41) is 14.3. The minimum absolute atomic E-state index is 0.0364. The number of benzene rings is 1. The Morgan fingerprint density at radius 1 is 1.28 bits per heavy atom. The molecule has 0 radical (unpaired) electrons. The summed E-state index contributed by atoms with van der Waals surface area (Å²) in [6, 6.07) is 9.96. The maximum atomic E-state index is 12.4. The summed E-state index contributed by atoms with van der Waals surface area (Å²) >= 11 is 7.41. The molecule has 2 aliphatic heterocycles. The maximum absolute atomic E-state index is 12.4. The molecule has 0 aliphatic carbocycles. The van der Waals surface area contributed by atoms with Gasteiger partial charge >= 0.3 is 0 Å². The summed E-state index contributed by atoms with van der Waals surface area (Å²) in [4.78, 5) is 15.2. The summed E-state index contributed by atoms with van der Waals surface area (Å²) in [6.07, 6.45) is 0. The SMILES string of the molecule is N#Cc1c(N2CCOCC2)sc2c1C(c1ccc(Cl)cc1)CNC2=O. The Morgan fingerprint density at radius 2 is 2.00 bits per heavy atom. The molecule has 0 bridgehead atoms. The van der Waals surface area contributed by atoms with Crippen LogP contribution in [-0.4, -0.2) is 38.8 Å². The Kier molecular flexibility index (Phi) is 4.38. The van der Waals surface area contributed by atoms with Crippen LogP contribution in [0, 0.1) is 11.3 Å². The van der Waals surface area contributed by atoms with E-state index >= 15 is 0 Å². The zero-order valence-electron chi connectivity index (χ0n) is 13.4. The number of morpholine rings is 1. The molecule has 128 valence electrons. The molecule has 1 aromatic heterocycles. The first-order valence-electron chi connectivity index (χ1n) is 8.12. The zero-order valence-corrected chi connectivity index (χ0v) is 15.0. The monoisotopic (exact) mass is 373 g/mol. The highest BCUT2D eigenvalue weighted by Crippen LogP contribution is 2.43. The van der Waals surface area contributed by atoms with E-state index in [0.717, 1.165) is 29.2 Å². The van der Waals surface area contributed by atoms with Gasteiger partial charge in [0.2, 0.25) is 0 Å². The number of nitrogens with zero attached hydrogens (tertiary/aromatic N) is 2. The molecule has 1 fully saturated rings. The average Bonchev–Trinajstić information content (AvgIpc) is 3.04. The van der Waals surface area contributed by atoms with Crippen molar-refractivity contribution in [3.05, 3.63) is 50.9 Å². The second-order valence-corrected chi connectivity index (χ2v) is 7.49. The number of hydrogen-bond donors (Lipinski definition) is 1. The van der Waals surface area contributed by atoms with E-state index < -0.39 is 0 Å². The third-order valence-electron chi connectivity index (χ3n) is 4.63. The maximum Gasteiger partial charge on any atom is 0.261 e. The van der Waals surface area contributed by atoms with Gasteiger partial charge in [0.05, 0.1) is 23.7 Å². The lowest BCUT2D eigenvalue weighted by Crippen LogP contribution is -2.36. The molecule has 1 amide bonds. The van der Waals surface area contributed by atoms with Crippen LogP contribution in [0.2, 0.25) is 5.02 Å². The second kappa shape index (κ2) is 6.68. The van der Waals surface area contributed by atoms with E-state index in [4.69, 9.17) is 16.3 Å². The van der Waals surface area contributed by atoms with Gasteiger partial charge < -0.3 is 15.0 Å². The predicted octanol–water partition coefficient (Wildman–Crippen LogP) is 2.99. The number of ether oxygens (including phenoxy) is 1. The summed E-state index contributed by atoms with van der Waals surface area (Å²) in [5.74, 6) is -0.133. The molecule has 3 heterocycles. The quantitative estimate of drug-likeness (QED) is 0.878. The van der Waals surface area contributed by atoms with E-state index in [1.807, 2.05) is 24.3 Å². The highest BCUT2D eigenvalue weighted by atomic mass is 35.5. The number of halogens is 1. The van der Waals surface area contributed by atoms with Crippen LogP contribution < -0.4 is 10.2 Å². The third kappa shape index (κ3) is 2.89. The third-order valence-corrected chi connectivity index (χ3v) is 6.15. The minimum atomic E-state index is -0.0961. The van der Waals surface area contributed by atoms with Crippen LogP contribution >= 0.6 is 22.9 Å². The van der Waals surface area contributed by atoms with Crippen LogP contribution in [0.15, 0.2) is 24.3 Å². The van der Waals surface area contributed by atoms with E-state index in [1.165, 1.54) is 11.3 Å². The Hall–Kier alpha value is -2.07. The van der Waals surface area contributed by atoms with E-state index in [9.17, 15) is 10.1 Å². The molecule has 0 spiro atoms. The normalized spacial score (nSPS) is 19.9. The van der Waals surface area contributed by atoms with Gasteiger partial charge in [0.1, 0.15) is 11.1 Å². The van der Waals surface area contributed by atoms with Gasteiger partial charge in [-0.25, -0.2) is 0 Å². The Bertz CT molecular complexity index is 850. The molecule has 5 nitrogen and oxygen atoms in total. The van der Waals surface area contributed by atoms with Crippen molar-refractivity contribution >= 4 is 33.8 Å².